The van der Waals surface area contributed by atoms with E-state index < -0.39 is 0 Å². The summed E-state index contributed by atoms with van der Waals surface area (Å²) in [4.78, 5) is 12.0. The standard InChI is InChI=1S/C18H12Cl2N2O/c19-15-7-8-16(17(20)10-15)18(23)22-21-11-12-5-6-13-3-1-2-4-14(13)9-12/h1-11H,(H,22,23)/b21-11-. The van der Waals surface area contributed by atoms with Gasteiger partial charge in [0.1, 0.15) is 0 Å². The van der Waals surface area contributed by atoms with Crippen molar-refractivity contribution in [1.29, 1.82) is 0 Å². The molecule has 3 nitrogen and oxygen atoms in total. The van der Waals surface area contributed by atoms with Crippen LogP contribution in [0.15, 0.2) is 65.8 Å². The van der Waals surface area contributed by atoms with Crippen LogP contribution in [0.25, 0.3) is 10.8 Å². The second-order valence-electron chi connectivity index (χ2n) is 4.93. The molecule has 0 aliphatic carbocycles. The lowest BCUT2D eigenvalue weighted by atomic mass is 10.1. The maximum Gasteiger partial charge on any atom is 0.272 e. The van der Waals surface area contributed by atoms with Gasteiger partial charge in [-0.05, 0) is 40.6 Å². The number of hydrazone groups is 1. The molecule has 0 saturated heterocycles. The highest BCUT2D eigenvalue weighted by Crippen LogP contribution is 2.20. The van der Waals surface area contributed by atoms with Crippen LogP contribution >= 0.6 is 23.2 Å². The van der Waals surface area contributed by atoms with Crippen LogP contribution in [0.4, 0.5) is 0 Å². The third kappa shape index (κ3) is 3.70. The number of benzene rings is 3. The molecule has 3 aromatic carbocycles. The van der Waals surface area contributed by atoms with E-state index in [-0.39, 0.29) is 10.9 Å². The summed E-state index contributed by atoms with van der Waals surface area (Å²) < 4.78 is 0. The van der Waals surface area contributed by atoms with Gasteiger partial charge in [-0.25, -0.2) is 5.43 Å². The van der Waals surface area contributed by atoms with Gasteiger partial charge < -0.3 is 0 Å². The molecule has 1 amide bonds. The van der Waals surface area contributed by atoms with E-state index >= 15 is 0 Å². The largest absolute Gasteiger partial charge is 0.272 e. The van der Waals surface area contributed by atoms with Crippen molar-refractivity contribution in [2.45, 2.75) is 0 Å². The molecule has 3 rings (SSSR count). The Labute approximate surface area is 143 Å². The van der Waals surface area contributed by atoms with Crippen molar-refractivity contribution in [3.05, 3.63) is 81.8 Å². The number of hydrogen-bond acceptors (Lipinski definition) is 2. The van der Waals surface area contributed by atoms with Gasteiger partial charge in [0.05, 0.1) is 16.8 Å². The van der Waals surface area contributed by atoms with Crippen molar-refractivity contribution in [2.24, 2.45) is 5.10 Å². The monoisotopic (exact) mass is 342 g/mol. The number of carbonyl (C=O) groups excluding carboxylic acids is 1. The molecule has 0 bridgehead atoms. The summed E-state index contributed by atoms with van der Waals surface area (Å²) in [5.41, 5.74) is 3.68. The Balaban J connectivity index is 1.73. The molecule has 0 aliphatic rings. The Bertz CT molecular complexity index is 906. The minimum Gasteiger partial charge on any atom is -0.267 e. The van der Waals surface area contributed by atoms with Gasteiger partial charge in [-0.3, -0.25) is 4.79 Å². The Morgan fingerprint density at radius 2 is 1.74 bits per heavy atom. The lowest BCUT2D eigenvalue weighted by Gasteiger charge is -2.03. The van der Waals surface area contributed by atoms with Gasteiger partial charge in [0.25, 0.3) is 5.91 Å². The second-order valence-corrected chi connectivity index (χ2v) is 5.77. The molecule has 23 heavy (non-hydrogen) atoms. The molecule has 0 aromatic heterocycles. The number of halogens is 2. The van der Waals surface area contributed by atoms with Gasteiger partial charge in [-0.1, -0.05) is 59.6 Å². The molecule has 1 N–H and O–H groups in total. The second kappa shape index (κ2) is 6.82. The van der Waals surface area contributed by atoms with Gasteiger partial charge in [0.2, 0.25) is 0 Å². The highest BCUT2D eigenvalue weighted by Gasteiger charge is 2.09. The number of carbonyl (C=O) groups is 1. The normalized spacial score (nSPS) is 11.0. The molecule has 0 fully saturated rings. The molecule has 0 atom stereocenters. The highest BCUT2D eigenvalue weighted by molar-refractivity contribution is 6.36. The van der Waals surface area contributed by atoms with E-state index in [0.717, 1.165) is 16.3 Å². The maximum absolute atomic E-state index is 12.0. The van der Waals surface area contributed by atoms with E-state index in [4.69, 9.17) is 23.2 Å². The Kier molecular flexibility index (Phi) is 4.60. The zero-order valence-electron chi connectivity index (χ0n) is 12.0. The topological polar surface area (TPSA) is 41.5 Å². The van der Waals surface area contributed by atoms with Crippen LogP contribution in [-0.2, 0) is 0 Å². The predicted molar refractivity (Wildman–Crippen MR) is 95.5 cm³/mol. The smallest absolute Gasteiger partial charge is 0.267 e. The number of amides is 1. The average molecular weight is 343 g/mol. The first kappa shape index (κ1) is 15.5. The first-order valence-electron chi connectivity index (χ1n) is 6.91. The van der Waals surface area contributed by atoms with E-state index in [1.54, 1.807) is 18.3 Å². The van der Waals surface area contributed by atoms with Gasteiger partial charge in [-0.15, -0.1) is 0 Å². The summed E-state index contributed by atoms with van der Waals surface area (Å²) in [6, 6.07) is 18.7. The van der Waals surface area contributed by atoms with Crippen molar-refractivity contribution in [3.63, 3.8) is 0 Å². The predicted octanol–water partition coefficient (Wildman–Crippen LogP) is 4.91. The van der Waals surface area contributed by atoms with E-state index in [9.17, 15) is 4.79 Å². The van der Waals surface area contributed by atoms with Crippen molar-refractivity contribution in [3.8, 4) is 0 Å². The molecule has 5 heteroatoms. The zero-order valence-corrected chi connectivity index (χ0v) is 13.5. The molecule has 0 unspecified atom stereocenters. The highest BCUT2D eigenvalue weighted by atomic mass is 35.5. The first-order valence-corrected chi connectivity index (χ1v) is 7.66. The van der Waals surface area contributed by atoms with Crippen LogP contribution in [0.1, 0.15) is 15.9 Å². The van der Waals surface area contributed by atoms with Crippen LogP contribution in [0.2, 0.25) is 10.0 Å². The van der Waals surface area contributed by atoms with Crippen molar-refractivity contribution < 1.29 is 4.79 Å². The Morgan fingerprint density at radius 3 is 2.52 bits per heavy atom. The molecule has 3 aromatic rings. The summed E-state index contributed by atoms with van der Waals surface area (Å²) in [5, 5.41) is 7.01. The molecular formula is C18H12Cl2N2O. The van der Waals surface area contributed by atoms with Crippen LogP contribution in [0.3, 0.4) is 0 Å². The lowest BCUT2D eigenvalue weighted by Crippen LogP contribution is -2.18. The van der Waals surface area contributed by atoms with E-state index in [0.29, 0.717) is 10.6 Å². The van der Waals surface area contributed by atoms with E-state index in [1.807, 2.05) is 42.5 Å². The van der Waals surface area contributed by atoms with Crippen LogP contribution in [-0.4, -0.2) is 12.1 Å². The molecule has 0 aliphatic heterocycles. The van der Waals surface area contributed by atoms with Gasteiger partial charge in [0.15, 0.2) is 0 Å². The fraction of sp³-hybridized carbons (Fsp3) is 0. The lowest BCUT2D eigenvalue weighted by molar-refractivity contribution is 0.0955. The SMILES string of the molecule is O=C(N/N=C\c1ccc2ccccc2c1)c1ccc(Cl)cc1Cl. The Morgan fingerprint density at radius 1 is 0.957 bits per heavy atom. The minimum atomic E-state index is -0.385. The number of rotatable bonds is 3. The molecule has 114 valence electrons. The molecule has 0 radical (unpaired) electrons. The third-order valence-corrected chi connectivity index (χ3v) is 3.88. The molecule has 0 spiro atoms. The summed E-state index contributed by atoms with van der Waals surface area (Å²) in [6.07, 6.45) is 1.59. The van der Waals surface area contributed by atoms with Crippen LogP contribution in [0.5, 0.6) is 0 Å². The third-order valence-electron chi connectivity index (χ3n) is 3.33. The van der Waals surface area contributed by atoms with Gasteiger partial charge in [0, 0.05) is 5.02 Å². The fourth-order valence-electron chi connectivity index (χ4n) is 2.19. The Hall–Kier alpha value is -2.36. The number of nitrogens with one attached hydrogen (secondary N) is 1. The number of hydrogen-bond donors (Lipinski definition) is 1. The number of fused-ring (bicyclic) bond motifs is 1. The molecular weight excluding hydrogens is 331 g/mol. The summed E-state index contributed by atoms with van der Waals surface area (Å²) in [7, 11) is 0. The van der Waals surface area contributed by atoms with Crippen LogP contribution < -0.4 is 5.43 Å². The first-order chi connectivity index (χ1) is 11.1. The molecule has 0 heterocycles. The van der Waals surface area contributed by atoms with Gasteiger partial charge in [-0.2, -0.15) is 5.10 Å². The average Bonchev–Trinajstić information content (AvgIpc) is 2.54. The van der Waals surface area contributed by atoms with Crippen LogP contribution in [0, 0.1) is 0 Å². The van der Waals surface area contributed by atoms with Crippen molar-refractivity contribution in [1.82, 2.24) is 5.43 Å². The van der Waals surface area contributed by atoms with Gasteiger partial charge >= 0.3 is 0 Å². The van der Waals surface area contributed by atoms with E-state index in [1.165, 1.54) is 6.07 Å². The molecule has 0 saturated carbocycles. The summed E-state index contributed by atoms with van der Waals surface area (Å²) in [5.74, 6) is -0.385. The zero-order chi connectivity index (χ0) is 16.2. The summed E-state index contributed by atoms with van der Waals surface area (Å²) in [6.45, 7) is 0. The van der Waals surface area contributed by atoms with Crippen molar-refractivity contribution >= 4 is 46.1 Å². The number of nitrogens with zero attached hydrogens (tertiary/aromatic N) is 1. The summed E-state index contributed by atoms with van der Waals surface area (Å²) >= 11 is 11.8. The van der Waals surface area contributed by atoms with E-state index in [2.05, 4.69) is 10.5 Å². The maximum atomic E-state index is 12.0. The quantitative estimate of drug-likeness (QED) is 0.533. The minimum absolute atomic E-state index is 0.288. The van der Waals surface area contributed by atoms with Crippen molar-refractivity contribution in [2.75, 3.05) is 0 Å². The fourth-order valence-corrected chi connectivity index (χ4v) is 2.68.